The SMILES string of the molecule is COCC/C(SC(=O)c1cccc2cccc(F)c12)=C(\C)N(C=O)Cc1cnc(C)nc1N. The van der Waals surface area contributed by atoms with Crippen LogP contribution in [0.5, 0.6) is 0 Å². The minimum absolute atomic E-state index is 0.148. The maximum atomic E-state index is 14.5. The molecule has 1 amide bonds. The first-order valence-corrected chi connectivity index (χ1v) is 11.1. The van der Waals surface area contributed by atoms with E-state index < -0.39 is 5.82 Å². The van der Waals surface area contributed by atoms with Gasteiger partial charge in [0.2, 0.25) is 11.5 Å². The van der Waals surface area contributed by atoms with Crippen LogP contribution in [-0.4, -0.2) is 40.1 Å². The number of thioether (sulfide) groups is 1. The number of hydrogen-bond donors (Lipinski definition) is 1. The predicted molar refractivity (Wildman–Crippen MR) is 128 cm³/mol. The van der Waals surface area contributed by atoms with E-state index in [0.29, 0.717) is 46.8 Å². The highest BCUT2D eigenvalue weighted by molar-refractivity contribution is 8.17. The molecule has 0 aliphatic rings. The van der Waals surface area contributed by atoms with Crippen molar-refractivity contribution in [2.24, 2.45) is 0 Å². The van der Waals surface area contributed by atoms with E-state index in [2.05, 4.69) is 9.97 Å². The first-order valence-electron chi connectivity index (χ1n) is 10.2. The van der Waals surface area contributed by atoms with Crippen LogP contribution in [0.4, 0.5) is 10.2 Å². The maximum absolute atomic E-state index is 14.5. The summed E-state index contributed by atoms with van der Waals surface area (Å²) in [5, 5.41) is 0.600. The van der Waals surface area contributed by atoms with E-state index in [1.807, 2.05) is 0 Å². The minimum atomic E-state index is -0.458. The molecular formula is C24H25FN4O3S. The van der Waals surface area contributed by atoms with Crippen LogP contribution in [0.2, 0.25) is 0 Å². The molecule has 0 atom stereocenters. The summed E-state index contributed by atoms with van der Waals surface area (Å²) >= 11 is 0.961. The van der Waals surface area contributed by atoms with Gasteiger partial charge in [-0.15, -0.1) is 0 Å². The highest BCUT2D eigenvalue weighted by Crippen LogP contribution is 2.32. The Hall–Kier alpha value is -3.30. The van der Waals surface area contributed by atoms with E-state index in [-0.39, 0.29) is 28.4 Å². The number of carbonyl (C=O) groups is 2. The zero-order chi connectivity index (χ0) is 24.0. The van der Waals surface area contributed by atoms with Gasteiger partial charge in [0, 0.05) is 46.8 Å². The molecule has 0 fully saturated rings. The number of aryl methyl sites for hydroxylation is 1. The van der Waals surface area contributed by atoms with E-state index in [1.165, 1.54) is 11.0 Å². The third-order valence-electron chi connectivity index (χ3n) is 5.14. The summed E-state index contributed by atoms with van der Waals surface area (Å²) in [5.41, 5.74) is 7.41. The standard InChI is InChI=1S/C24H25FN4O3S/c1-15(29(14-30)13-18-12-27-16(2)28-23(18)26)21(10-11-32-3)33-24(31)19-8-4-6-17-7-5-9-20(25)22(17)19/h4-9,12,14H,10-11,13H2,1-3H3,(H2,26,27,28)/b21-15-. The van der Waals surface area contributed by atoms with Crippen molar-refractivity contribution in [3.05, 3.63) is 76.0 Å². The Labute approximate surface area is 195 Å². The Balaban J connectivity index is 1.95. The summed E-state index contributed by atoms with van der Waals surface area (Å²) < 4.78 is 19.7. The second-order valence-corrected chi connectivity index (χ2v) is 8.41. The van der Waals surface area contributed by atoms with Gasteiger partial charge < -0.3 is 15.4 Å². The quantitative estimate of drug-likeness (QED) is 0.463. The van der Waals surface area contributed by atoms with Crippen LogP contribution in [0.15, 0.2) is 53.2 Å². The summed E-state index contributed by atoms with van der Waals surface area (Å²) in [5.74, 6) is 0.363. The lowest BCUT2D eigenvalue weighted by Gasteiger charge is -2.22. The van der Waals surface area contributed by atoms with Crippen LogP contribution in [0, 0.1) is 12.7 Å². The Morgan fingerprint density at radius 3 is 2.67 bits per heavy atom. The third-order valence-corrected chi connectivity index (χ3v) is 6.29. The van der Waals surface area contributed by atoms with E-state index >= 15 is 0 Å². The topological polar surface area (TPSA) is 98.4 Å². The molecule has 9 heteroatoms. The van der Waals surface area contributed by atoms with Crippen LogP contribution >= 0.6 is 11.8 Å². The van der Waals surface area contributed by atoms with Crippen LogP contribution in [0.25, 0.3) is 10.8 Å². The first kappa shape index (κ1) is 24.3. The molecule has 3 rings (SSSR count). The number of amides is 1. The number of nitrogens with two attached hydrogens (primary N) is 1. The fraction of sp³-hybridized carbons (Fsp3) is 0.250. The van der Waals surface area contributed by atoms with Crippen molar-refractivity contribution in [2.75, 3.05) is 19.5 Å². The zero-order valence-corrected chi connectivity index (χ0v) is 19.5. The molecule has 0 unspecified atom stereocenters. The highest BCUT2D eigenvalue weighted by atomic mass is 32.2. The molecule has 0 aliphatic heterocycles. The van der Waals surface area contributed by atoms with Gasteiger partial charge in [0.25, 0.3) is 0 Å². The Kier molecular flexibility index (Phi) is 8.13. The number of allylic oxidation sites excluding steroid dienone is 1. The molecule has 2 N–H and O–H groups in total. The summed E-state index contributed by atoms with van der Waals surface area (Å²) in [7, 11) is 1.56. The number of nitrogen functional groups attached to an aromatic ring is 1. The van der Waals surface area contributed by atoms with Gasteiger partial charge in [-0.2, -0.15) is 0 Å². The molecule has 1 aromatic heterocycles. The van der Waals surface area contributed by atoms with Gasteiger partial charge >= 0.3 is 0 Å². The van der Waals surface area contributed by atoms with Gasteiger partial charge in [-0.25, -0.2) is 14.4 Å². The van der Waals surface area contributed by atoms with Crippen molar-refractivity contribution in [1.82, 2.24) is 14.9 Å². The van der Waals surface area contributed by atoms with Crippen LogP contribution in [0.1, 0.15) is 35.1 Å². The molecule has 1 heterocycles. The largest absolute Gasteiger partial charge is 0.384 e. The smallest absolute Gasteiger partial charge is 0.224 e. The molecule has 0 aliphatic carbocycles. The molecule has 0 saturated heterocycles. The maximum Gasteiger partial charge on any atom is 0.224 e. The second-order valence-electron chi connectivity index (χ2n) is 7.35. The number of rotatable bonds is 9. The number of aromatic nitrogens is 2. The van der Waals surface area contributed by atoms with Crippen molar-refractivity contribution in [2.45, 2.75) is 26.8 Å². The Morgan fingerprint density at radius 2 is 2.00 bits per heavy atom. The fourth-order valence-corrected chi connectivity index (χ4v) is 4.30. The molecule has 0 bridgehead atoms. The van der Waals surface area contributed by atoms with Gasteiger partial charge in [-0.05, 0) is 43.1 Å². The number of hydrogen-bond acceptors (Lipinski definition) is 7. The summed E-state index contributed by atoms with van der Waals surface area (Å²) in [6, 6.07) is 9.78. The van der Waals surface area contributed by atoms with Crippen molar-refractivity contribution in [3.8, 4) is 0 Å². The third kappa shape index (κ3) is 5.74. The molecule has 0 spiro atoms. The molecule has 0 radical (unpaired) electrons. The van der Waals surface area contributed by atoms with Crippen LogP contribution in [-0.2, 0) is 16.1 Å². The lowest BCUT2D eigenvalue weighted by Crippen LogP contribution is -2.22. The van der Waals surface area contributed by atoms with E-state index in [9.17, 15) is 14.0 Å². The van der Waals surface area contributed by atoms with Crippen molar-refractivity contribution >= 4 is 39.9 Å². The van der Waals surface area contributed by atoms with Crippen molar-refractivity contribution in [1.29, 1.82) is 0 Å². The fourth-order valence-electron chi connectivity index (χ4n) is 3.35. The van der Waals surface area contributed by atoms with E-state index in [1.54, 1.807) is 57.5 Å². The van der Waals surface area contributed by atoms with Gasteiger partial charge in [0.15, 0.2) is 0 Å². The first-order chi connectivity index (χ1) is 15.8. The Morgan fingerprint density at radius 1 is 1.27 bits per heavy atom. The lowest BCUT2D eigenvalue weighted by molar-refractivity contribution is -0.116. The highest BCUT2D eigenvalue weighted by Gasteiger charge is 2.20. The van der Waals surface area contributed by atoms with Gasteiger partial charge in [-0.3, -0.25) is 9.59 Å². The average molecular weight is 469 g/mol. The van der Waals surface area contributed by atoms with Crippen LogP contribution < -0.4 is 5.73 Å². The number of methoxy groups -OCH3 is 1. The average Bonchev–Trinajstić information content (AvgIpc) is 2.80. The number of carbonyl (C=O) groups excluding carboxylic acids is 2. The van der Waals surface area contributed by atoms with Gasteiger partial charge in [0.1, 0.15) is 17.5 Å². The molecule has 33 heavy (non-hydrogen) atoms. The molecule has 0 saturated carbocycles. The molecule has 172 valence electrons. The van der Waals surface area contributed by atoms with Crippen LogP contribution in [0.3, 0.4) is 0 Å². The summed E-state index contributed by atoms with van der Waals surface area (Å²) in [6.07, 6.45) is 2.65. The number of nitrogens with zero attached hydrogens (tertiary/aromatic N) is 3. The number of ether oxygens (including phenoxy) is 1. The molecule has 3 aromatic rings. The minimum Gasteiger partial charge on any atom is -0.384 e. The number of fused-ring (bicyclic) bond motifs is 1. The Bertz CT molecular complexity index is 1210. The van der Waals surface area contributed by atoms with E-state index in [0.717, 1.165) is 11.8 Å². The zero-order valence-electron chi connectivity index (χ0n) is 18.7. The monoisotopic (exact) mass is 468 g/mol. The summed E-state index contributed by atoms with van der Waals surface area (Å²) in [4.78, 5) is 35.5. The van der Waals surface area contributed by atoms with Crippen molar-refractivity contribution < 1.29 is 18.7 Å². The van der Waals surface area contributed by atoms with E-state index in [4.69, 9.17) is 10.5 Å². The molecule has 7 nitrogen and oxygen atoms in total. The predicted octanol–water partition coefficient (Wildman–Crippen LogP) is 4.46. The number of benzene rings is 2. The second kappa shape index (κ2) is 11.0. The van der Waals surface area contributed by atoms with Crippen molar-refractivity contribution in [3.63, 3.8) is 0 Å². The van der Waals surface area contributed by atoms with Gasteiger partial charge in [-0.1, -0.05) is 24.3 Å². The lowest BCUT2D eigenvalue weighted by atomic mass is 10.1. The van der Waals surface area contributed by atoms with Gasteiger partial charge in [0.05, 0.1) is 13.2 Å². The molecular weight excluding hydrogens is 443 g/mol. The summed E-state index contributed by atoms with van der Waals surface area (Å²) in [6.45, 7) is 3.97. The normalized spacial score (nSPS) is 11.9. The molecule has 2 aromatic carbocycles. The number of halogens is 1. The number of anilines is 1.